The topological polar surface area (TPSA) is 94.7 Å². The molecule has 2 aliphatic rings. The van der Waals surface area contributed by atoms with Gasteiger partial charge in [0, 0.05) is 22.1 Å². The summed E-state index contributed by atoms with van der Waals surface area (Å²) in [5.41, 5.74) is 10.3. The highest BCUT2D eigenvalue weighted by atomic mass is 16.4. The van der Waals surface area contributed by atoms with Crippen molar-refractivity contribution in [3.63, 3.8) is 0 Å². The van der Waals surface area contributed by atoms with Crippen molar-refractivity contribution in [3.05, 3.63) is 131 Å². The second-order valence-electron chi connectivity index (χ2n) is 9.15. The molecule has 8 bridgehead atoms. The Morgan fingerprint density at radius 3 is 1.28 bits per heavy atom. The molecule has 39 heavy (non-hydrogen) atoms. The lowest BCUT2D eigenvalue weighted by molar-refractivity contribution is 0.0697. The lowest BCUT2D eigenvalue weighted by atomic mass is 10.0. The number of nitrogens with one attached hydrogen (secondary N) is 2. The van der Waals surface area contributed by atoms with Crippen LogP contribution in [-0.4, -0.2) is 31.0 Å². The van der Waals surface area contributed by atoms with Gasteiger partial charge in [-0.05, 0) is 96.1 Å². The largest absolute Gasteiger partial charge is 0.478 e. The molecule has 0 spiro atoms. The average Bonchev–Trinajstić information content (AvgIpc) is 3.76. The molecule has 7 rings (SSSR count). The first-order valence-corrected chi connectivity index (χ1v) is 12.5. The van der Waals surface area contributed by atoms with Gasteiger partial charge in [-0.15, -0.1) is 0 Å². The predicted octanol–water partition coefficient (Wildman–Crippen LogP) is 7.71. The summed E-state index contributed by atoms with van der Waals surface area (Å²) < 4.78 is 0. The quantitative estimate of drug-likeness (QED) is 0.223. The molecule has 5 aromatic rings. The van der Waals surface area contributed by atoms with Gasteiger partial charge in [-0.1, -0.05) is 42.5 Å². The molecule has 0 radical (unpaired) electrons. The van der Waals surface area contributed by atoms with Gasteiger partial charge in [0.2, 0.25) is 0 Å². The zero-order chi connectivity index (χ0) is 26.6. The van der Waals surface area contributed by atoms with Crippen molar-refractivity contribution in [3.8, 4) is 11.1 Å². The van der Waals surface area contributed by atoms with Crippen molar-refractivity contribution in [1.82, 2.24) is 19.9 Å². The molecule has 2 aromatic carbocycles. The maximum Gasteiger partial charge on any atom is 0.335 e. The van der Waals surface area contributed by atoms with E-state index < -0.39 is 5.97 Å². The van der Waals surface area contributed by atoms with E-state index in [1.807, 2.05) is 91.0 Å². The summed E-state index contributed by atoms with van der Waals surface area (Å²) in [6.07, 6.45) is 8.09. The second kappa shape index (κ2) is 10.5. The maximum absolute atomic E-state index is 10.6. The zero-order valence-electron chi connectivity index (χ0n) is 20.9. The molecule has 0 atom stereocenters. The zero-order valence-corrected chi connectivity index (χ0v) is 20.9. The Morgan fingerprint density at radius 1 is 0.513 bits per heavy atom. The molecule has 0 unspecified atom stereocenters. The fourth-order valence-corrected chi connectivity index (χ4v) is 4.38. The summed E-state index contributed by atoms with van der Waals surface area (Å²) in [7, 11) is 0. The van der Waals surface area contributed by atoms with Gasteiger partial charge in [0.15, 0.2) is 0 Å². The number of aromatic carboxylic acids is 1. The first-order chi connectivity index (χ1) is 19.1. The molecule has 2 aliphatic heterocycles. The Balaban J connectivity index is 0.000000159. The van der Waals surface area contributed by atoms with Crippen molar-refractivity contribution >= 4 is 52.3 Å². The lowest BCUT2D eigenvalue weighted by Gasteiger charge is -2.01. The Kier molecular flexibility index (Phi) is 6.41. The first kappa shape index (κ1) is 23.9. The van der Waals surface area contributed by atoms with Crippen LogP contribution >= 0.6 is 0 Å². The minimum Gasteiger partial charge on any atom is -0.478 e. The monoisotopic (exact) mass is 508 g/mol. The Hall–Kier alpha value is -5.49. The second-order valence-corrected chi connectivity index (χ2v) is 9.15. The molecule has 3 N–H and O–H groups in total. The fourth-order valence-electron chi connectivity index (χ4n) is 4.38. The Bertz CT molecular complexity index is 1700. The van der Waals surface area contributed by atoms with Gasteiger partial charge in [0.1, 0.15) is 0 Å². The van der Waals surface area contributed by atoms with Crippen LogP contribution < -0.4 is 0 Å². The molecule has 0 aliphatic carbocycles. The molecule has 0 saturated carbocycles. The van der Waals surface area contributed by atoms with Gasteiger partial charge in [-0.2, -0.15) is 0 Å². The summed E-state index contributed by atoms with van der Waals surface area (Å²) in [6.45, 7) is 0. The van der Waals surface area contributed by atoms with Crippen molar-refractivity contribution < 1.29 is 9.90 Å². The highest BCUT2D eigenvalue weighted by Gasteiger charge is 2.03. The number of nitrogens with zero attached hydrogens (tertiary/aromatic N) is 2. The van der Waals surface area contributed by atoms with Crippen molar-refractivity contribution in [1.29, 1.82) is 0 Å². The van der Waals surface area contributed by atoms with E-state index in [-0.39, 0.29) is 0 Å². The number of rotatable bonds is 2. The molecular weight excluding hydrogens is 484 g/mol. The number of benzene rings is 2. The third kappa shape index (κ3) is 5.76. The van der Waals surface area contributed by atoms with E-state index >= 15 is 0 Å². The minimum atomic E-state index is -0.894. The number of hydrogen-bond acceptors (Lipinski definition) is 3. The summed E-state index contributed by atoms with van der Waals surface area (Å²) in [5, 5.41) is 8.75. The van der Waals surface area contributed by atoms with Crippen LogP contribution in [-0.2, 0) is 0 Å². The molecular formula is C33H24N4O2. The third-order valence-corrected chi connectivity index (χ3v) is 6.28. The summed E-state index contributed by atoms with van der Waals surface area (Å²) in [5.74, 6) is -0.894. The third-order valence-electron chi connectivity index (χ3n) is 6.28. The molecule has 6 heteroatoms. The van der Waals surface area contributed by atoms with Gasteiger partial charge in [0.05, 0.1) is 28.3 Å². The van der Waals surface area contributed by atoms with Crippen LogP contribution in [0.1, 0.15) is 33.1 Å². The number of fused-ring (bicyclic) bond motifs is 8. The van der Waals surface area contributed by atoms with Gasteiger partial charge in [0.25, 0.3) is 0 Å². The van der Waals surface area contributed by atoms with Crippen molar-refractivity contribution in [2.45, 2.75) is 0 Å². The molecule has 3 aromatic heterocycles. The summed E-state index contributed by atoms with van der Waals surface area (Å²) >= 11 is 0. The van der Waals surface area contributed by atoms with Crippen LogP contribution in [0.15, 0.2) is 103 Å². The average molecular weight is 509 g/mol. The van der Waals surface area contributed by atoms with Crippen LogP contribution in [0.2, 0.25) is 0 Å². The van der Waals surface area contributed by atoms with E-state index in [2.05, 4.69) is 44.2 Å². The van der Waals surface area contributed by atoms with E-state index in [0.29, 0.717) is 5.56 Å². The van der Waals surface area contributed by atoms with E-state index in [4.69, 9.17) is 5.11 Å². The van der Waals surface area contributed by atoms with Gasteiger partial charge in [-0.3, -0.25) is 0 Å². The van der Waals surface area contributed by atoms with Crippen LogP contribution in [0.4, 0.5) is 0 Å². The molecule has 188 valence electrons. The molecule has 5 heterocycles. The van der Waals surface area contributed by atoms with Gasteiger partial charge < -0.3 is 15.1 Å². The number of hydrogen-bond donors (Lipinski definition) is 3. The SMILES string of the molecule is C1=Cc2cc3ccc(cc4nc(cc5ccc(cc1n2)[nH]5)C=C4)[nH]3.O=C(O)c1ccc(-c2ccccc2)cc1. The summed E-state index contributed by atoms with van der Waals surface area (Å²) in [6, 6.07) is 33.1. The number of carboxylic acid groups (broad SMARTS) is 1. The number of aromatic amines is 2. The Labute approximate surface area is 224 Å². The van der Waals surface area contributed by atoms with Crippen LogP contribution in [0, 0.1) is 0 Å². The van der Waals surface area contributed by atoms with Crippen LogP contribution in [0.3, 0.4) is 0 Å². The molecule has 0 fully saturated rings. The molecule has 0 saturated heterocycles. The van der Waals surface area contributed by atoms with Crippen molar-refractivity contribution in [2.75, 3.05) is 0 Å². The predicted molar refractivity (Wildman–Crippen MR) is 158 cm³/mol. The highest BCUT2D eigenvalue weighted by Crippen LogP contribution is 2.19. The standard InChI is InChI=1S/C20H14N4.C13H10O2/c1-2-14-10-16-5-6-18(23-16)12-20-8-7-19(24-20)11-17-4-3-15(22-17)9-13(1)21-14;14-13(15)12-8-6-11(7-9-12)10-4-2-1-3-5-10/h1-12,21,24H;1-9H,(H,14,15). The fraction of sp³-hybridized carbons (Fsp3) is 0. The minimum absolute atomic E-state index is 0.315. The van der Waals surface area contributed by atoms with Gasteiger partial charge in [-0.25, -0.2) is 14.8 Å². The smallest absolute Gasteiger partial charge is 0.335 e. The first-order valence-electron chi connectivity index (χ1n) is 12.5. The van der Waals surface area contributed by atoms with E-state index in [0.717, 1.165) is 56.0 Å². The van der Waals surface area contributed by atoms with E-state index in [1.165, 1.54) is 0 Å². The Morgan fingerprint density at radius 2 is 0.897 bits per heavy atom. The number of carboxylic acids is 1. The number of aromatic nitrogens is 4. The normalized spacial score (nSPS) is 11.6. The van der Waals surface area contributed by atoms with Crippen LogP contribution in [0.25, 0.3) is 57.5 Å². The number of carbonyl (C=O) groups is 1. The summed E-state index contributed by atoms with van der Waals surface area (Å²) in [4.78, 5) is 26.7. The van der Waals surface area contributed by atoms with Crippen molar-refractivity contribution in [2.24, 2.45) is 0 Å². The highest BCUT2D eigenvalue weighted by molar-refractivity contribution is 5.88. The number of H-pyrrole nitrogens is 2. The van der Waals surface area contributed by atoms with E-state index in [9.17, 15) is 4.79 Å². The molecule has 6 nitrogen and oxygen atoms in total. The van der Waals surface area contributed by atoms with Gasteiger partial charge >= 0.3 is 5.97 Å². The van der Waals surface area contributed by atoms with E-state index in [1.54, 1.807) is 12.1 Å². The lowest BCUT2D eigenvalue weighted by Crippen LogP contribution is -1.94. The van der Waals surface area contributed by atoms with Crippen LogP contribution in [0.5, 0.6) is 0 Å². The maximum atomic E-state index is 10.6. The molecule has 0 amide bonds.